The highest BCUT2D eigenvalue weighted by Crippen LogP contribution is 2.20. The first kappa shape index (κ1) is 18.9. The van der Waals surface area contributed by atoms with Crippen LogP contribution in [0.15, 0.2) is 23.3 Å². The van der Waals surface area contributed by atoms with Gasteiger partial charge in [-0.2, -0.15) is 5.10 Å². The lowest BCUT2D eigenvalue weighted by Gasteiger charge is -2.13. The van der Waals surface area contributed by atoms with Crippen LogP contribution in [0.3, 0.4) is 0 Å². The average molecular weight is 365 g/mol. The lowest BCUT2D eigenvalue weighted by Crippen LogP contribution is -2.40. The van der Waals surface area contributed by atoms with Crippen molar-refractivity contribution in [1.29, 1.82) is 0 Å². The summed E-state index contributed by atoms with van der Waals surface area (Å²) in [7, 11) is 0. The summed E-state index contributed by atoms with van der Waals surface area (Å²) in [5.74, 6) is -1.66. The van der Waals surface area contributed by atoms with Gasteiger partial charge in [-0.3, -0.25) is 14.4 Å². The van der Waals surface area contributed by atoms with Gasteiger partial charge < -0.3 is 10.2 Å². The van der Waals surface area contributed by atoms with Gasteiger partial charge in [0.2, 0.25) is 5.91 Å². The Balaban J connectivity index is 1.85. The number of carbonyl (C=O) groups is 3. The summed E-state index contributed by atoms with van der Waals surface area (Å²) in [6, 6.07) is 5.22. The third-order valence-electron chi connectivity index (χ3n) is 3.83. The Morgan fingerprint density at radius 1 is 1.24 bits per heavy atom. The van der Waals surface area contributed by atoms with Gasteiger partial charge in [-0.1, -0.05) is 17.7 Å². The van der Waals surface area contributed by atoms with Crippen molar-refractivity contribution in [3.05, 3.63) is 28.8 Å². The molecular weight excluding hydrogens is 344 g/mol. The molecule has 0 atom stereocenters. The first-order chi connectivity index (χ1) is 11.9. The van der Waals surface area contributed by atoms with E-state index < -0.39 is 11.8 Å². The Morgan fingerprint density at radius 3 is 2.60 bits per heavy atom. The molecule has 8 heteroatoms. The zero-order valence-electron chi connectivity index (χ0n) is 14.3. The molecule has 1 aromatic rings. The number of rotatable bonds is 4. The van der Waals surface area contributed by atoms with Crippen LogP contribution in [0.2, 0.25) is 5.02 Å². The molecule has 25 heavy (non-hydrogen) atoms. The summed E-state index contributed by atoms with van der Waals surface area (Å²) >= 11 is 5.92. The van der Waals surface area contributed by atoms with E-state index in [0.29, 0.717) is 29.5 Å². The molecule has 2 rings (SSSR count). The van der Waals surface area contributed by atoms with Crippen LogP contribution in [0.4, 0.5) is 5.69 Å². The number of hydrazone groups is 1. The van der Waals surface area contributed by atoms with Gasteiger partial charge >= 0.3 is 11.8 Å². The van der Waals surface area contributed by atoms with E-state index in [0.717, 1.165) is 18.4 Å². The number of nitrogens with zero attached hydrogens (tertiary/aromatic N) is 2. The van der Waals surface area contributed by atoms with Crippen molar-refractivity contribution < 1.29 is 14.4 Å². The maximum atomic E-state index is 12.1. The van der Waals surface area contributed by atoms with Crippen molar-refractivity contribution in [2.75, 3.05) is 18.4 Å². The Labute approximate surface area is 151 Å². The van der Waals surface area contributed by atoms with Gasteiger partial charge in [-0.25, -0.2) is 5.43 Å². The maximum Gasteiger partial charge on any atom is 0.329 e. The molecule has 1 aromatic carbocycles. The van der Waals surface area contributed by atoms with Crippen LogP contribution in [0.1, 0.15) is 31.7 Å². The largest absolute Gasteiger partial charge is 0.334 e. The number of hydrogen-bond donors (Lipinski definition) is 2. The summed E-state index contributed by atoms with van der Waals surface area (Å²) < 4.78 is 0. The average Bonchev–Trinajstić information content (AvgIpc) is 3.09. The van der Waals surface area contributed by atoms with Crippen molar-refractivity contribution in [1.82, 2.24) is 10.3 Å². The fraction of sp³-hybridized carbons (Fsp3) is 0.412. The number of hydrogen-bond acceptors (Lipinski definition) is 4. The minimum atomic E-state index is -0.785. The zero-order chi connectivity index (χ0) is 18.4. The number of aryl methyl sites for hydroxylation is 1. The van der Waals surface area contributed by atoms with E-state index in [1.165, 1.54) is 4.90 Å². The van der Waals surface area contributed by atoms with Gasteiger partial charge in [0.25, 0.3) is 0 Å². The molecule has 3 amide bonds. The summed E-state index contributed by atoms with van der Waals surface area (Å²) in [5.41, 5.74) is 4.10. The topological polar surface area (TPSA) is 90.9 Å². The molecule has 134 valence electrons. The molecule has 2 N–H and O–H groups in total. The van der Waals surface area contributed by atoms with Crippen molar-refractivity contribution in [3.63, 3.8) is 0 Å². The normalized spacial score (nSPS) is 14.4. The van der Waals surface area contributed by atoms with Gasteiger partial charge in [0.05, 0.1) is 6.42 Å². The highest BCUT2D eigenvalue weighted by Gasteiger charge is 2.24. The molecule has 1 fully saturated rings. The fourth-order valence-electron chi connectivity index (χ4n) is 2.45. The molecule has 1 heterocycles. The van der Waals surface area contributed by atoms with Crippen molar-refractivity contribution >= 4 is 40.7 Å². The highest BCUT2D eigenvalue weighted by molar-refractivity contribution is 6.35. The first-order valence-electron chi connectivity index (χ1n) is 8.05. The number of halogens is 1. The number of carbonyl (C=O) groups excluding carboxylic acids is 3. The van der Waals surface area contributed by atoms with Crippen molar-refractivity contribution in [3.8, 4) is 0 Å². The monoisotopic (exact) mass is 364 g/mol. The molecule has 1 saturated heterocycles. The molecule has 0 bridgehead atoms. The van der Waals surface area contributed by atoms with Crippen molar-refractivity contribution in [2.24, 2.45) is 5.10 Å². The smallest absolute Gasteiger partial charge is 0.329 e. The Bertz CT molecular complexity index is 712. The van der Waals surface area contributed by atoms with E-state index in [2.05, 4.69) is 15.8 Å². The second-order valence-corrected chi connectivity index (χ2v) is 6.41. The summed E-state index contributed by atoms with van der Waals surface area (Å²) in [4.78, 5) is 37.2. The van der Waals surface area contributed by atoms with Crippen LogP contribution < -0.4 is 10.7 Å². The van der Waals surface area contributed by atoms with Gasteiger partial charge in [0.15, 0.2) is 0 Å². The molecule has 1 aliphatic rings. The molecule has 0 unspecified atom stereocenters. The molecular formula is C17H21ClN4O3. The standard InChI is InChI=1S/C17H21ClN4O3/c1-11-5-6-13(18)10-14(11)19-15(23)9-12(2)20-21-16(24)17(25)22-7-3-4-8-22/h5-6,10H,3-4,7-9H2,1-2H3,(H,19,23)(H,21,24)/b20-12-. The van der Waals surface area contributed by atoms with E-state index in [1.54, 1.807) is 19.1 Å². The van der Waals surface area contributed by atoms with Crippen LogP contribution in [0, 0.1) is 6.92 Å². The quantitative estimate of drug-likeness (QED) is 0.487. The molecule has 0 saturated carbocycles. The second kappa shape index (κ2) is 8.62. The van der Waals surface area contributed by atoms with Gasteiger partial charge in [-0.05, 0) is 44.4 Å². The van der Waals surface area contributed by atoms with Gasteiger partial charge in [0.1, 0.15) is 0 Å². The number of anilines is 1. The molecule has 0 radical (unpaired) electrons. The molecule has 0 aromatic heterocycles. The van der Waals surface area contributed by atoms with Crippen LogP contribution in [0.25, 0.3) is 0 Å². The summed E-state index contributed by atoms with van der Waals surface area (Å²) in [6.07, 6.45) is 1.80. The van der Waals surface area contributed by atoms with E-state index in [-0.39, 0.29) is 12.3 Å². The lowest BCUT2D eigenvalue weighted by molar-refractivity contribution is -0.145. The van der Waals surface area contributed by atoms with E-state index >= 15 is 0 Å². The highest BCUT2D eigenvalue weighted by atomic mass is 35.5. The molecule has 7 nitrogen and oxygen atoms in total. The van der Waals surface area contributed by atoms with E-state index in [9.17, 15) is 14.4 Å². The minimum absolute atomic E-state index is 0.00978. The second-order valence-electron chi connectivity index (χ2n) is 5.97. The Hall–Kier alpha value is -2.41. The number of benzene rings is 1. The molecule has 0 aliphatic carbocycles. The number of amides is 3. The zero-order valence-corrected chi connectivity index (χ0v) is 15.0. The van der Waals surface area contributed by atoms with E-state index in [1.807, 2.05) is 13.0 Å². The van der Waals surface area contributed by atoms with Crippen LogP contribution in [-0.2, 0) is 14.4 Å². The summed E-state index contributed by atoms with van der Waals surface area (Å²) in [6.45, 7) is 4.65. The van der Waals surface area contributed by atoms with Crippen LogP contribution in [-0.4, -0.2) is 41.4 Å². The van der Waals surface area contributed by atoms with Crippen LogP contribution >= 0.6 is 11.6 Å². The first-order valence-corrected chi connectivity index (χ1v) is 8.43. The van der Waals surface area contributed by atoms with Gasteiger partial charge in [-0.15, -0.1) is 0 Å². The predicted octanol–water partition coefficient (Wildman–Crippen LogP) is 2.09. The summed E-state index contributed by atoms with van der Waals surface area (Å²) in [5, 5.41) is 7.09. The third-order valence-corrected chi connectivity index (χ3v) is 4.06. The third kappa shape index (κ3) is 5.56. The fourth-order valence-corrected chi connectivity index (χ4v) is 2.63. The number of nitrogens with one attached hydrogen (secondary N) is 2. The van der Waals surface area contributed by atoms with Crippen LogP contribution in [0.5, 0.6) is 0 Å². The predicted molar refractivity (Wildman–Crippen MR) is 96.5 cm³/mol. The van der Waals surface area contributed by atoms with E-state index in [4.69, 9.17) is 11.6 Å². The van der Waals surface area contributed by atoms with Gasteiger partial charge in [0, 0.05) is 29.5 Å². The number of likely N-dealkylation sites (tertiary alicyclic amines) is 1. The van der Waals surface area contributed by atoms with Crippen molar-refractivity contribution in [2.45, 2.75) is 33.1 Å². The lowest BCUT2D eigenvalue weighted by atomic mass is 10.2. The SMILES string of the molecule is C/C(CC(=O)Nc1cc(Cl)ccc1C)=N/NC(=O)C(=O)N1CCCC1. The molecule has 0 spiro atoms. The Kier molecular flexibility index (Phi) is 6.52. The minimum Gasteiger partial charge on any atom is -0.334 e. The molecule has 1 aliphatic heterocycles. The Morgan fingerprint density at radius 2 is 1.92 bits per heavy atom. The maximum absolute atomic E-state index is 12.1.